The van der Waals surface area contributed by atoms with Crippen LogP contribution < -0.4 is 10.1 Å². The molecule has 0 bridgehead atoms. The van der Waals surface area contributed by atoms with Crippen LogP contribution in [-0.2, 0) is 4.79 Å². The maximum atomic E-state index is 12.7. The monoisotopic (exact) mass is 371 g/mol. The minimum Gasteiger partial charge on any atom is -0.492 e. The van der Waals surface area contributed by atoms with Crippen molar-refractivity contribution in [1.82, 2.24) is 9.80 Å². The topological polar surface area (TPSA) is 75.0 Å². The van der Waals surface area contributed by atoms with E-state index in [1.54, 1.807) is 17.0 Å². The molecule has 1 fully saturated rings. The van der Waals surface area contributed by atoms with E-state index in [1.807, 2.05) is 38.1 Å². The van der Waals surface area contributed by atoms with Gasteiger partial charge in [-0.1, -0.05) is 12.1 Å². The third-order valence-corrected chi connectivity index (χ3v) is 4.71. The van der Waals surface area contributed by atoms with Crippen molar-refractivity contribution in [2.24, 2.45) is 0 Å². The number of para-hydroxylation sites is 2. The fraction of sp³-hybridized carbons (Fsp3) is 0.400. The van der Waals surface area contributed by atoms with E-state index in [-0.39, 0.29) is 17.9 Å². The highest BCUT2D eigenvalue weighted by molar-refractivity contribution is 5.96. The van der Waals surface area contributed by atoms with Crippen LogP contribution in [0.4, 0.5) is 5.69 Å². The Hall–Kier alpha value is -2.80. The van der Waals surface area contributed by atoms with Gasteiger partial charge in [-0.15, -0.1) is 0 Å². The lowest BCUT2D eigenvalue weighted by Gasteiger charge is -2.37. The molecular weight excluding hydrogens is 346 g/mol. The summed E-state index contributed by atoms with van der Waals surface area (Å²) in [5.74, 6) is 0.812. The summed E-state index contributed by atoms with van der Waals surface area (Å²) in [5, 5.41) is 2.95. The quantitative estimate of drug-likeness (QED) is 0.844. The third-order valence-electron chi connectivity index (χ3n) is 4.71. The average molecular weight is 371 g/mol. The zero-order chi connectivity index (χ0) is 19.2. The summed E-state index contributed by atoms with van der Waals surface area (Å²) in [5.41, 5.74) is 0.669. The molecule has 1 aliphatic heterocycles. The van der Waals surface area contributed by atoms with E-state index in [9.17, 15) is 9.59 Å². The number of hydrogen-bond acceptors (Lipinski definition) is 5. The highest BCUT2D eigenvalue weighted by atomic mass is 16.5. The molecule has 27 heavy (non-hydrogen) atoms. The van der Waals surface area contributed by atoms with Crippen LogP contribution in [0.1, 0.15) is 24.4 Å². The number of piperazine rings is 1. The molecule has 1 N–H and O–H groups in total. The summed E-state index contributed by atoms with van der Waals surface area (Å²) in [4.78, 5) is 28.8. The number of nitrogens with zero attached hydrogens (tertiary/aromatic N) is 2. The molecular formula is C20H25N3O4. The number of furan rings is 1. The second-order valence-electron chi connectivity index (χ2n) is 6.40. The SMILES string of the molecule is CCOc1ccccc1NC(=O)[C@H](C)N1CCN(C(=O)c2ccco2)CC1. The van der Waals surface area contributed by atoms with Crippen molar-refractivity contribution in [3.05, 3.63) is 48.4 Å². The largest absolute Gasteiger partial charge is 0.492 e. The molecule has 0 spiro atoms. The summed E-state index contributed by atoms with van der Waals surface area (Å²) in [6.07, 6.45) is 1.50. The Morgan fingerprint density at radius 1 is 1.15 bits per heavy atom. The maximum absolute atomic E-state index is 12.7. The fourth-order valence-corrected chi connectivity index (χ4v) is 3.12. The first-order valence-corrected chi connectivity index (χ1v) is 9.19. The van der Waals surface area contributed by atoms with E-state index >= 15 is 0 Å². The van der Waals surface area contributed by atoms with Crippen LogP contribution in [-0.4, -0.2) is 60.4 Å². The van der Waals surface area contributed by atoms with Crippen LogP contribution in [0, 0.1) is 0 Å². The number of rotatable bonds is 6. The molecule has 1 aliphatic rings. The van der Waals surface area contributed by atoms with E-state index in [0.29, 0.717) is 50.0 Å². The van der Waals surface area contributed by atoms with Crippen molar-refractivity contribution in [2.75, 3.05) is 38.1 Å². The zero-order valence-corrected chi connectivity index (χ0v) is 15.7. The van der Waals surface area contributed by atoms with Gasteiger partial charge in [0.05, 0.1) is 24.6 Å². The van der Waals surface area contributed by atoms with Gasteiger partial charge in [0, 0.05) is 26.2 Å². The van der Waals surface area contributed by atoms with E-state index < -0.39 is 0 Å². The summed E-state index contributed by atoms with van der Waals surface area (Å²) in [6.45, 7) is 6.71. The first-order chi connectivity index (χ1) is 13.1. The van der Waals surface area contributed by atoms with Crippen molar-refractivity contribution in [1.29, 1.82) is 0 Å². The van der Waals surface area contributed by atoms with Gasteiger partial charge in [0.15, 0.2) is 5.76 Å². The van der Waals surface area contributed by atoms with Crippen LogP contribution in [0.2, 0.25) is 0 Å². The van der Waals surface area contributed by atoms with Crippen molar-refractivity contribution >= 4 is 17.5 Å². The third kappa shape index (κ3) is 4.49. The van der Waals surface area contributed by atoms with Crippen LogP contribution in [0.15, 0.2) is 47.1 Å². The lowest BCUT2D eigenvalue weighted by molar-refractivity contribution is -0.121. The minimum absolute atomic E-state index is 0.0898. The Balaban J connectivity index is 1.55. The number of ether oxygens (including phenoxy) is 1. The predicted octanol–water partition coefficient (Wildman–Crippen LogP) is 2.46. The minimum atomic E-state index is -0.305. The molecule has 1 saturated heterocycles. The fourth-order valence-electron chi connectivity index (χ4n) is 3.12. The molecule has 144 valence electrons. The predicted molar refractivity (Wildman–Crippen MR) is 102 cm³/mol. The summed E-state index contributed by atoms with van der Waals surface area (Å²) < 4.78 is 10.7. The molecule has 2 aromatic rings. The number of nitrogens with one attached hydrogen (secondary N) is 1. The Morgan fingerprint density at radius 3 is 2.56 bits per heavy atom. The van der Waals surface area contributed by atoms with Crippen LogP contribution in [0.3, 0.4) is 0 Å². The lowest BCUT2D eigenvalue weighted by atomic mass is 10.2. The lowest BCUT2D eigenvalue weighted by Crippen LogP contribution is -2.54. The molecule has 0 unspecified atom stereocenters. The Bertz CT molecular complexity index is 767. The number of benzene rings is 1. The van der Waals surface area contributed by atoms with Gasteiger partial charge in [-0.2, -0.15) is 0 Å². The summed E-state index contributed by atoms with van der Waals surface area (Å²) in [6, 6.07) is 10.5. The molecule has 1 aromatic carbocycles. The molecule has 1 atom stereocenters. The van der Waals surface area contributed by atoms with Gasteiger partial charge in [-0.25, -0.2) is 0 Å². The van der Waals surface area contributed by atoms with Gasteiger partial charge < -0.3 is 19.4 Å². The molecule has 3 rings (SSSR count). The Labute approximate surface area is 158 Å². The average Bonchev–Trinajstić information content (AvgIpc) is 3.23. The van der Waals surface area contributed by atoms with Gasteiger partial charge in [-0.05, 0) is 38.1 Å². The highest BCUT2D eigenvalue weighted by Gasteiger charge is 2.29. The maximum Gasteiger partial charge on any atom is 0.289 e. The molecule has 0 radical (unpaired) electrons. The number of anilines is 1. The van der Waals surface area contributed by atoms with Gasteiger partial charge in [0.2, 0.25) is 5.91 Å². The first-order valence-electron chi connectivity index (χ1n) is 9.19. The second-order valence-corrected chi connectivity index (χ2v) is 6.40. The molecule has 1 aromatic heterocycles. The Kier molecular flexibility index (Phi) is 6.13. The first kappa shape index (κ1) is 19.0. The zero-order valence-electron chi connectivity index (χ0n) is 15.7. The summed E-state index contributed by atoms with van der Waals surface area (Å²) >= 11 is 0. The Morgan fingerprint density at radius 2 is 1.89 bits per heavy atom. The molecule has 2 heterocycles. The van der Waals surface area contributed by atoms with E-state index in [1.165, 1.54) is 6.26 Å². The smallest absolute Gasteiger partial charge is 0.289 e. The van der Waals surface area contributed by atoms with Crippen LogP contribution in [0.25, 0.3) is 0 Å². The van der Waals surface area contributed by atoms with Gasteiger partial charge in [0.1, 0.15) is 5.75 Å². The van der Waals surface area contributed by atoms with Crippen molar-refractivity contribution in [3.63, 3.8) is 0 Å². The van der Waals surface area contributed by atoms with Crippen molar-refractivity contribution in [2.45, 2.75) is 19.9 Å². The van der Waals surface area contributed by atoms with E-state index in [4.69, 9.17) is 9.15 Å². The molecule has 0 aliphatic carbocycles. The van der Waals surface area contributed by atoms with Crippen LogP contribution >= 0.6 is 0 Å². The molecule has 7 heteroatoms. The van der Waals surface area contributed by atoms with Crippen LogP contribution in [0.5, 0.6) is 5.75 Å². The van der Waals surface area contributed by atoms with Gasteiger partial charge in [-0.3, -0.25) is 14.5 Å². The van der Waals surface area contributed by atoms with Gasteiger partial charge >= 0.3 is 0 Å². The normalized spacial score (nSPS) is 16.0. The van der Waals surface area contributed by atoms with Crippen molar-refractivity contribution in [3.8, 4) is 5.75 Å². The van der Waals surface area contributed by atoms with E-state index in [0.717, 1.165) is 0 Å². The summed E-state index contributed by atoms with van der Waals surface area (Å²) in [7, 11) is 0. The standard InChI is InChI=1S/C20H25N3O4/c1-3-26-17-8-5-4-7-16(17)21-19(24)15(2)22-10-12-23(13-11-22)20(25)18-9-6-14-27-18/h4-9,14-15H,3,10-13H2,1-2H3,(H,21,24)/t15-/m0/s1. The number of hydrogen-bond donors (Lipinski definition) is 1. The van der Waals surface area contributed by atoms with E-state index in [2.05, 4.69) is 10.2 Å². The number of carbonyl (C=O) groups is 2. The number of amides is 2. The molecule has 0 saturated carbocycles. The van der Waals surface area contributed by atoms with Crippen molar-refractivity contribution < 1.29 is 18.7 Å². The molecule has 7 nitrogen and oxygen atoms in total. The molecule has 2 amide bonds. The number of carbonyl (C=O) groups excluding carboxylic acids is 2. The highest BCUT2D eigenvalue weighted by Crippen LogP contribution is 2.24. The second kappa shape index (κ2) is 8.73. The van der Waals surface area contributed by atoms with Gasteiger partial charge in [0.25, 0.3) is 5.91 Å².